The molecule has 0 radical (unpaired) electrons. The normalized spacial score (nSPS) is 10.5. The van der Waals surface area contributed by atoms with Gasteiger partial charge in [-0.25, -0.2) is 24.6 Å². The molecular formula is C13H14F2N4. The number of benzene rings is 1. The lowest BCUT2D eigenvalue weighted by Gasteiger charge is -2.07. The molecule has 0 unspecified atom stereocenters. The molecule has 0 aliphatic carbocycles. The maximum atomic E-state index is 13.6. The Labute approximate surface area is 109 Å². The summed E-state index contributed by atoms with van der Waals surface area (Å²) in [7, 11) is 0. The molecular weight excluding hydrogens is 250 g/mol. The molecule has 0 aliphatic heterocycles. The fraction of sp³-hybridized carbons (Fsp3) is 0.231. The first-order chi connectivity index (χ1) is 9.12. The third kappa shape index (κ3) is 3.23. The van der Waals surface area contributed by atoms with Crippen LogP contribution in [0.5, 0.6) is 0 Å². The first kappa shape index (κ1) is 13.4. The molecule has 100 valence electrons. The summed E-state index contributed by atoms with van der Waals surface area (Å²) in [6.45, 7) is 1.95. The maximum Gasteiger partial charge on any atom is 0.143 e. The fourth-order valence-corrected chi connectivity index (χ4v) is 1.72. The van der Waals surface area contributed by atoms with E-state index in [4.69, 9.17) is 5.84 Å². The van der Waals surface area contributed by atoms with Crippen LogP contribution in [-0.4, -0.2) is 9.97 Å². The van der Waals surface area contributed by atoms with E-state index < -0.39 is 11.6 Å². The molecule has 6 heteroatoms. The number of hydrogen-bond donors (Lipinski definition) is 2. The minimum Gasteiger partial charge on any atom is -0.308 e. The van der Waals surface area contributed by atoms with Crippen LogP contribution in [0.3, 0.4) is 0 Å². The Balaban J connectivity index is 2.31. The average molecular weight is 264 g/mol. The summed E-state index contributed by atoms with van der Waals surface area (Å²) in [6, 6.07) is 5.18. The van der Waals surface area contributed by atoms with Crippen LogP contribution >= 0.6 is 0 Å². The second-order valence-corrected chi connectivity index (χ2v) is 4.07. The molecule has 1 heterocycles. The van der Waals surface area contributed by atoms with Gasteiger partial charge in [-0.15, -0.1) is 0 Å². The molecule has 0 bridgehead atoms. The zero-order chi connectivity index (χ0) is 13.8. The highest BCUT2D eigenvalue weighted by Gasteiger charge is 2.09. The van der Waals surface area contributed by atoms with Crippen molar-refractivity contribution in [2.45, 2.75) is 19.8 Å². The van der Waals surface area contributed by atoms with Crippen LogP contribution in [0.25, 0.3) is 0 Å². The van der Waals surface area contributed by atoms with Crippen molar-refractivity contribution in [3.05, 3.63) is 53.0 Å². The minimum absolute atomic E-state index is 0.189. The molecule has 0 spiro atoms. The lowest BCUT2D eigenvalue weighted by atomic mass is 10.1. The van der Waals surface area contributed by atoms with Gasteiger partial charge in [-0.3, -0.25) is 0 Å². The van der Waals surface area contributed by atoms with Crippen molar-refractivity contribution < 1.29 is 8.78 Å². The highest BCUT2D eigenvalue weighted by Crippen LogP contribution is 2.14. The lowest BCUT2D eigenvalue weighted by molar-refractivity contribution is 0.573. The first-order valence-corrected chi connectivity index (χ1v) is 5.89. The van der Waals surface area contributed by atoms with Crippen molar-refractivity contribution in [3.63, 3.8) is 0 Å². The predicted molar refractivity (Wildman–Crippen MR) is 68.4 cm³/mol. The third-order valence-corrected chi connectivity index (χ3v) is 2.70. The number of hydrogen-bond acceptors (Lipinski definition) is 4. The third-order valence-electron chi connectivity index (χ3n) is 2.70. The van der Waals surface area contributed by atoms with E-state index in [2.05, 4.69) is 15.4 Å². The van der Waals surface area contributed by atoms with Gasteiger partial charge in [0.05, 0.1) is 0 Å². The van der Waals surface area contributed by atoms with E-state index in [9.17, 15) is 8.78 Å². The van der Waals surface area contributed by atoms with E-state index in [0.717, 1.165) is 18.2 Å². The zero-order valence-electron chi connectivity index (χ0n) is 10.5. The van der Waals surface area contributed by atoms with Crippen molar-refractivity contribution in [1.82, 2.24) is 9.97 Å². The SMILES string of the molecule is CCc1cc(NN)nc(Cc2ccc(F)cc2F)n1. The summed E-state index contributed by atoms with van der Waals surface area (Å²) in [5.41, 5.74) is 3.60. The Hall–Kier alpha value is -2.08. The van der Waals surface area contributed by atoms with Crippen LogP contribution in [0, 0.1) is 11.6 Å². The molecule has 1 aromatic heterocycles. The van der Waals surface area contributed by atoms with Crippen LogP contribution in [0.2, 0.25) is 0 Å². The van der Waals surface area contributed by atoms with Crippen LogP contribution in [0.4, 0.5) is 14.6 Å². The van der Waals surface area contributed by atoms with Crippen molar-refractivity contribution in [1.29, 1.82) is 0 Å². The quantitative estimate of drug-likeness (QED) is 0.656. The van der Waals surface area contributed by atoms with Gasteiger partial charge < -0.3 is 5.43 Å². The standard InChI is InChI=1S/C13H14F2N4/c1-2-10-7-13(19-16)18-12(17-10)5-8-3-4-9(14)6-11(8)15/h3-4,6-7H,2,5,16H2,1H3,(H,17,18,19). The van der Waals surface area contributed by atoms with Gasteiger partial charge in [0, 0.05) is 24.2 Å². The molecule has 19 heavy (non-hydrogen) atoms. The van der Waals surface area contributed by atoms with Gasteiger partial charge in [0.1, 0.15) is 23.3 Å². The summed E-state index contributed by atoms with van der Waals surface area (Å²) in [4.78, 5) is 8.44. The number of nitrogens with two attached hydrogens (primary N) is 1. The number of halogens is 2. The van der Waals surface area contributed by atoms with Gasteiger partial charge in [0.2, 0.25) is 0 Å². The second-order valence-electron chi connectivity index (χ2n) is 4.07. The number of aryl methyl sites for hydroxylation is 1. The lowest BCUT2D eigenvalue weighted by Crippen LogP contribution is -2.12. The van der Waals surface area contributed by atoms with E-state index in [1.54, 1.807) is 6.07 Å². The summed E-state index contributed by atoms with van der Waals surface area (Å²) >= 11 is 0. The Morgan fingerprint density at radius 2 is 2.00 bits per heavy atom. The van der Waals surface area contributed by atoms with Crippen molar-refractivity contribution in [3.8, 4) is 0 Å². The van der Waals surface area contributed by atoms with Gasteiger partial charge >= 0.3 is 0 Å². The minimum atomic E-state index is -0.604. The largest absolute Gasteiger partial charge is 0.308 e. The number of nitrogens with one attached hydrogen (secondary N) is 1. The predicted octanol–water partition coefficient (Wildman–Crippen LogP) is 2.19. The summed E-state index contributed by atoms with van der Waals surface area (Å²) in [5.74, 6) is 5.03. The molecule has 3 N–H and O–H groups in total. The van der Waals surface area contributed by atoms with E-state index in [1.165, 1.54) is 12.1 Å². The second kappa shape index (κ2) is 5.71. The highest BCUT2D eigenvalue weighted by molar-refractivity contribution is 5.35. The number of aromatic nitrogens is 2. The van der Waals surface area contributed by atoms with E-state index in [0.29, 0.717) is 17.2 Å². The molecule has 0 aliphatic rings. The van der Waals surface area contributed by atoms with Crippen LogP contribution in [0.15, 0.2) is 24.3 Å². The van der Waals surface area contributed by atoms with Crippen LogP contribution < -0.4 is 11.3 Å². The van der Waals surface area contributed by atoms with Crippen LogP contribution in [0.1, 0.15) is 24.0 Å². The number of nitrogen functional groups attached to an aromatic ring is 1. The Bertz CT molecular complexity index is 565. The molecule has 2 aromatic rings. The van der Waals surface area contributed by atoms with Crippen molar-refractivity contribution >= 4 is 5.82 Å². The average Bonchev–Trinajstić information content (AvgIpc) is 2.41. The Kier molecular flexibility index (Phi) is 4.01. The van der Waals surface area contributed by atoms with Gasteiger partial charge in [0.15, 0.2) is 0 Å². The molecule has 4 nitrogen and oxygen atoms in total. The molecule has 0 fully saturated rings. The molecule has 0 amide bonds. The summed E-state index contributed by atoms with van der Waals surface area (Å²) in [6.07, 6.45) is 0.907. The molecule has 1 aromatic carbocycles. The van der Waals surface area contributed by atoms with Gasteiger partial charge in [-0.1, -0.05) is 13.0 Å². The molecule has 2 rings (SSSR count). The monoisotopic (exact) mass is 264 g/mol. The van der Waals surface area contributed by atoms with Crippen molar-refractivity contribution in [2.24, 2.45) is 5.84 Å². The van der Waals surface area contributed by atoms with E-state index in [-0.39, 0.29) is 6.42 Å². The maximum absolute atomic E-state index is 13.6. The first-order valence-electron chi connectivity index (χ1n) is 5.89. The fourth-order valence-electron chi connectivity index (χ4n) is 1.72. The smallest absolute Gasteiger partial charge is 0.143 e. The Morgan fingerprint density at radius 3 is 2.63 bits per heavy atom. The van der Waals surface area contributed by atoms with Crippen molar-refractivity contribution in [2.75, 3.05) is 5.43 Å². The van der Waals surface area contributed by atoms with Crippen LogP contribution in [-0.2, 0) is 12.8 Å². The van der Waals surface area contributed by atoms with Gasteiger partial charge in [-0.05, 0) is 18.1 Å². The number of nitrogens with zero attached hydrogens (tertiary/aromatic N) is 2. The zero-order valence-corrected chi connectivity index (χ0v) is 10.5. The molecule has 0 saturated heterocycles. The number of rotatable bonds is 4. The number of anilines is 1. The summed E-state index contributed by atoms with van der Waals surface area (Å²) < 4.78 is 26.4. The summed E-state index contributed by atoms with van der Waals surface area (Å²) in [5, 5.41) is 0. The Morgan fingerprint density at radius 1 is 1.21 bits per heavy atom. The molecule has 0 saturated carbocycles. The number of hydrazine groups is 1. The van der Waals surface area contributed by atoms with E-state index >= 15 is 0 Å². The topological polar surface area (TPSA) is 63.8 Å². The van der Waals surface area contributed by atoms with E-state index in [1.807, 2.05) is 6.92 Å². The highest BCUT2D eigenvalue weighted by atomic mass is 19.1. The van der Waals surface area contributed by atoms with Gasteiger partial charge in [0.25, 0.3) is 0 Å². The molecule has 0 atom stereocenters. The van der Waals surface area contributed by atoms with Gasteiger partial charge in [-0.2, -0.15) is 0 Å².